The Kier molecular flexibility index (Phi) is 4.17. The number of aromatic carboxylic acids is 1. The highest BCUT2D eigenvalue weighted by atomic mass is 32.1. The van der Waals surface area contributed by atoms with E-state index in [1.54, 1.807) is 0 Å². The molecule has 3 rings (SSSR count). The summed E-state index contributed by atoms with van der Waals surface area (Å²) in [5.41, 5.74) is 0.729. The van der Waals surface area contributed by atoms with Crippen LogP contribution in [-0.4, -0.2) is 53.2 Å². The van der Waals surface area contributed by atoms with Gasteiger partial charge in [-0.1, -0.05) is 25.2 Å². The van der Waals surface area contributed by atoms with Crippen LogP contribution in [0.2, 0.25) is 0 Å². The van der Waals surface area contributed by atoms with Crippen molar-refractivity contribution < 1.29 is 9.90 Å². The van der Waals surface area contributed by atoms with Gasteiger partial charge in [-0.3, -0.25) is 4.90 Å². The van der Waals surface area contributed by atoms with Gasteiger partial charge in [0.2, 0.25) is 0 Å². The number of nitrogens with zero attached hydrogens (tertiary/aromatic N) is 3. The van der Waals surface area contributed by atoms with Gasteiger partial charge < -0.3 is 10.0 Å². The molecule has 1 aromatic heterocycles. The van der Waals surface area contributed by atoms with Crippen LogP contribution in [0.5, 0.6) is 0 Å². The molecule has 0 aliphatic carbocycles. The second kappa shape index (κ2) is 5.93. The Labute approximate surface area is 129 Å². The molecule has 1 unspecified atom stereocenters. The summed E-state index contributed by atoms with van der Waals surface area (Å²) in [4.78, 5) is 21.2. The third kappa shape index (κ3) is 2.92. The van der Waals surface area contributed by atoms with Gasteiger partial charge in [0, 0.05) is 19.1 Å². The molecule has 2 saturated heterocycles. The lowest BCUT2D eigenvalue weighted by molar-refractivity contribution is 0.0700. The number of carboxylic acid groups (broad SMARTS) is 1. The molecule has 21 heavy (non-hydrogen) atoms. The van der Waals surface area contributed by atoms with Gasteiger partial charge in [-0.05, 0) is 38.3 Å². The standard InChI is InChI=1S/C15H23N3O2S/c1-10(2)12-13(14(19)20)21-15(16-12)18-8-5-11(9-18)17-6-3-4-7-17/h10-11H,3-9H2,1-2H3,(H,19,20). The quantitative estimate of drug-likeness (QED) is 0.926. The molecule has 5 nitrogen and oxygen atoms in total. The van der Waals surface area contributed by atoms with E-state index in [0.717, 1.165) is 23.9 Å². The number of thiazole rings is 1. The van der Waals surface area contributed by atoms with E-state index in [9.17, 15) is 9.90 Å². The lowest BCUT2D eigenvalue weighted by Crippen LogP contribution is -2.35. The van der Waals surface area contributed by atoms with Crippen LogP contribution in [0.3, 0.4) is 0 Å². The number of hydrogen-bond donors (Lipinski definition) is 1. The first-order valence-electron chi connectivity index (χ1n) is 7.79. The second-order valence-electron chi connectivity index (χ2n) is 6.30. The molecule has 0 saturated carbocycles. The molecule has 1 N–H and O–H groups in total. The highest BCUT2D eigenvalue weighted by Crippen LogP contribution is 2.33. The second-order valence-corrected chi connectivity index (χ2v) is 7.28. The monoisotopic (exact) mass is 309 g/mol. The minimum atomic E-state index is -0.849. The molecule has 1 aromatic rings. The molecule has 6 heteroatoms. The third-order valence-electron chi connectivity index (χ3n) is 4.47. The van der Waals surface area contributed by atoms with E-state index >= 15 is 0 Å². The summed E-state index contributed by atoms with van der Waals surface area (Å²) < 4.78 is 0. The van der Waals surface area contributed by atoms with E-state index in [0.29, 0.717) is 10.9 Å². The van der Waals surface area contributed by atoms with E-state index < -0.39 is 5.97 Å². The zero-order valence-corrected chi connectivity index (χ0v) is 13.5. The molecule has 2 aliphatic rings. The largest absolute Gasteiger partial charge is 0.477 e. The maximum absolute atomic E-state index is 11.4. The summed E-state index contributed by atoms with van der Waals surface area (Å²) >= 11 is 1.33. The predicted octanol–water partition coefficient (Wildman–Crippen LogP) is 2.64. The topological polar surface area (TPSA) is 56.7 Å². The van der Waals surface area contributed by atoms with Gasteiger partial charge in [0.25, 0.3) is 0 Å². The maximum Gasteiger partial charge on any atom is 0.347 e. The van der Waals surface area contributed by atoms with Gasteiger partial charge in [-0.2, -0.15) is 0 Å². The Morgan fingerprint density at radius 2 is 2.05 bits per heavy atom. The van der Waals surface area contributed by atoms with Crippen molar-refractivity contribution in [1.82, 2.24) is 9.88 Å². The molecule has 0 radical (unpaired) electrons. The van der Waals surface area contributed by atoms with Crippen LogP contribution in [0, 0.1) is 0 Å². The Morgan fingerprint density at radius 1 is 1.33 bits per heavy atom. The zero-order valence-electron chi connectivity index (χ0n) is 12.7. The van der Waals surface area contributed by atoms with Crippen LogP contribution >= 0.6 is 11.3 Å². The van der Waals surface area contributed by atoms with Gasteiger partial charge in [0.15, 0.2) is 5.13 Å². The smallest absolute Gasteiger partial charge is 0.347 e. The highest BCUT2D eigenvalue weighted by Gasteiger charge is 2.31. The van der Waals surface area contributed by atoms with Crippen molar-refractivity contribution in [3.63, 3.8) is 0 Å². The van der Waals surface area contributed by atoms with Crippen molar-refractivity contribution in [2.24, 2.45) is 0 Å². The van der Waals surface area contributed by atoms with E-state index in [-0.39, 0.29) is 5.92 Å². The molecule has 1 atom stereocenters. The van der Waals surface area contributed by atoms with Gasteiger partial charge in [0.05, 0.1) is 5.69 Å². The van der Waals surface area contributed by atoms with Crippen molar-refractivity contribution in [3.05, 3.63) is 10.6 Å². The van der Waals surface area contributed by atoms with Gasteiger partial charge in [-0.15, -0.1) is 0 Å². The van der Waals surface area contributed by atoms with E-state index in [1.165, 1.54) is 43.7 Å². The Hall–Kier alpha value is -1.14. The first-order valence-corrected chi connectivity index (χ1v) is 8.61. The van der Waals surface area contributed by atoms with E-state index in [4.69, 9.17) is 0 Å². The molecule has 0 aromatic carbocycles. The highest BCUT2D eigenvalue weighted by molar-refractivity contribution is 7.17. The summed E-state index contributed by atoms with van der Waals surface area (Å²) in [6.45, 7) is 8.42. The van der Waals surface area contributed by atoms with Crippen molar-refractivity contribution in [2.75, 3.05) is 31.1 Å². The van der Waals surface area contributed by atoms with Gasteiger partial charge in [0.1, 0.15) is 4.88 Å². The predicted molar refractivity (Wildman–Crippen MR) is 84.6 cm³/mol. The van der Waals surface area contributed by atoms with Crippen molar-refractivity contribution in [1.29, 1.82) is 0 Å². The maximum atomic E-state index is 11.4. The molecular weight excluding hydrogens is 286 g/mol. The molecule has 116 valence electrons. The third-order valence-corrected chi connectivity index (χ3v) is 5.59. The van der Waals surface area contributed by atoms with E-state index in [2.05, 4.69) is 14.8 Å². The fraction of sp³-hybridized carbons (Fsp3) is 0.733. The summed E-state index contributed by atoms with van der Waals surface area (Å²) in [5, 5.41) is 10.2. The summed E-state index contributed by atoms with van der Waals surface area (Å²) in [5.74, 6) is -0.698. The molecule has 0 bridgehead atoms. The lowest BCUT2D eigenvalue weighted by Gasteiger charge is -2.23. The Morgan fingerprint density at radius 3 is 2.62 bits per heavy atom. The van der Waals surface area contributed by atoms with Gasteiger partial charge >= 0.3 is 5.97 Å². The number of anilines is 1. The first-order chi connectivity index (χ1) is 10.1. The summed E-state index contributed by atoms with van der Waals surface area (Å²) in [6, 6.07) is 0.618. The van der Waals surface area contributed by atoms with Crippen molar-refractivity contribution in [2.45, 2.75) is 45.1 Å². The minimum Gasteiger partial charge on any atom is -0.477 e. The SMILES string of the molecule is CC(C)c1nc(N2CCC(N3CCCC3)C2)sc1C(=O)O. The van der Waals surface area contributed by atoms with Crippen LogP contribution in [-0.2, 0) is 0 Å². The molecule has 0 amide bonds. The molecule has 3 heterocycles. The Bertz CT molecular complexity index is 523. The molecule has 0 spiro atoms. The Balaban J connectivity index is 1.75. The van der Waals surface area contributed by atoms with Crippen LogP contribution in [0.15, 0.2) is 0 Å². The number of aromatic nitrogens is 1. The molecular formula is C15H23N3O2S. The van der Waals surface area contributed by atoms with Crippen molar-refractivity contribution >= 4 is 22.4 Å². The zero-order chi connectivity index (χ0) is 15.0. The fourth-order valence-electron chi connectivity index (χ4n) is 3.32. The van der Waals surface area contributed by atoms with E-state index in [1.807, 2.05) is 13.8 Å². The lowest BCUT2D eigenvalue weighted by atomic mass is 10.1. The van der Waals surface area contributed by atoms with Gasteiger partial charge in [-0.25, -0.2) is 9.78 Å². The number of rotatable bonds is 4. The summed E-state index contributed by atoms with van der Waals surface area (Å²) in [6.07, 6.45) is 3.79. The average molecular weight is 309 g/mol. The fourth-order valence-corrected chi connectivity index (χ4v) is 4.42. The molecule has 2 aliphatic heterocycles. The van der Waals surface area contributed by atoms with Crippen LogP contribution in [0.4, 0.5) is 5.13 Å². The first kappa shape index (κ1) is 14.8. The number of carboxylic acids is 1. The minimum absolute atomic E-state index is 0.151. The normalized spacial score (nSPS) is 23.4. The van der Waals surface area contributed by atoms with Crippen LogP contribution in [0.25, 0.3) is 0 Å². The number of carbonyl (C=O) groups is 1. The van der Waals surface area contributed by atoms with Crippen LogP contribution in [0.1, 0.15) is 54.4 Å². The summed E-state index contributed by atoms with van der Waals surface area (Å²) in [7, 11) is 0. The van der Waals surface area contributed by atoms with Crippen molar-refractivity contribution in [3.8, 4) is 0 Å². The molecule has 2 fully saturated rings. The number of hydrogen-bond acceptors (Lipinski definition) is 5. The van der Waals surface area contributed by atoms with Crippen LogP contribution < -0.4 is 4.90 Å². The number of likely N-dealkylation sites (tertiary alicyclic amines) is 1. The average Bonchev–Trinajstić information content (AvgIpc) is 3.17.